The molecule has 0 unspecified atom stereocenters. The molecule has 3 nitrogen and oxygen atoms in total. The fourth-order valence-electron chi connectivity index (χ4n) is 1.41. The Kier molecular flexibility index (Phi) is 3.93. The van der Waals surface area contributed by atoms with Crippen LogP contribution in [0.15, 0.2) is 40.2 Å². The fraction of sp³-hybridized carbons (Fsp3) is 0.0833. The van der Waals surface area contributed by atoms with Crippen LogP contribution in [-0.2, 0) is 6.54 Å². The highest BCUT2D eigenvalue weighted by Crippen LogP contribution is 2.26. The molecule has 1 heterocycles. The summed E-state index contributed by atoms with van der Waals surface area (Å²) in [5.74, 6) is -0.116. The molecule has 1 aromatic carbocycles. The third-order valence-corrected chi connectivity index (χ3v) is 3.77. The van der Waals surface area contributed by atoms with E-state index in [1.165, 1.54) is 11.3 Å². The first-order valence-electron chi connectivity index (χ1n) is 5.05. The van der Waals surface area contributed by atoms with Crippen molar-refractivity contribution in [2.45, 2.75) is 6.54 Å². The molecule has 17 heavy (non-hydrogen) atoms. The van der Waals surface area contributed by atoms with E-state index in [-0.39, 0.29) is 5.91 Å². The van der Waals surface area contributed by atoms with E-state index >= 15 is 0 Å². The third-order valence-electron chi connectivity index (χ3n) is 2.23. The summed E-state index contributed by atoms with van der Waals surface area (Å²) in [6.45, 7) is 0.436. The number of benzene rings is 1. The van der Waals surface area contributed by atoms with E-state index in [0.29, 0.717) is 12.1 Å². The van der Waals surface area contributed by atoms with Crippen LogP contribution in [0.3, 0.4) is 0 Å². The summed E-state index contributed by atoms with van der Waals surface area (Å²) in [4.78, 5) is 11.9. The van der Waals surface area contributed by atoms with Gasteiger partial charge in [0.2, 0.25) is 0 Å². The van der Waals surface area contributed by atoms with Crippen LogP contribution in [-0.4, -0.2) is 5.91 Å². The van der Waals surface area contributed by atoms with Crippen LogP contribution in [0.2, 0.25) is 0 Å². The second-order valence-electron chi connectivity index (χ2n) is 3.46. The predicted molar refractivity (Wildman–Crippen MR) is 74.3 cm³/mol. The minimum Gasteiger partial charge on any atom is -0.326 e. The molecule has 0 aliphatic heterocycles. The van der Waals surface area contributed by atoms with Crippen molar-refractivity contribution in [3.63, 3.8) is 0 Å². The van der Waals surface area contributed by atoms with Gasteiger partial charge in [0.1, 0.15) is 0 Å². The van der Waals surface area contributed by atoms with Gasteiger partial charge in [0.05, 0.1) is 8.79 Å². The molecule has 0 spiro atoms. The number of amides is 1. The van der Waals surface area contributed by atoms with Crippen molar-refractivity contribution in [1.29, 1.82) is 0 Å². The maximum Gasteiger partial charge on any atom is 0.256 e. The summed E-state index contributed by atoms with van der Waals surface area (Å²) in [7, 11) is 0. The van der Waals surface area contributed by atoms with E-state index < -0.39 is 0 Å². The van der Waals surface area contributed by atoms with Gasteiger partial charge in [0.15, 0.2) is 0 Å². The van der Waals surface area contributed by atoms with E-state index in [2.05, 4.69) is 21.2 Å². The van der Waals surface area contributed by atoms with Crippen molar-refractivity contribution in [3.05, 3.63) is 51.3 Å². The van der Waals surface area contributed by atoms with Crippen molar-refractivity contribution < 1.29 is 4.79 Å². The molecule has 0 saturated heterocycles. The number of nitrogens with one attached hydrogen (secondary N) is 1. The normalized spacial score (nSPS) is 10.2. The van der Waals surface area contributed by atoms with Crippen LogP contribution in [0.25, 0.3) is 0 Å². The Hall–Kier alpha value is -1.17. The lowest BCUT2D eigenvalue weighted by Crippen LogP contribution is -2.11. The zero-order valence-electron chi connectivity index (χ0n) is 8.94. The van der Waals surface area contributed by atoms with Crippen molar-refractivity contribution in [1.82, 2.24) is 0 Å². The van der Waals surface area contributed by atoms with Crippen LogP contribution < -0.4 is 11.1 Å². The standard InChI is InChI=1S/C12H11BrN2OS/c13-10-4-5-11(17-10)15-12(16)9-3-1-2-8(6-9)7-14/h1-6H,7,14H2,(H,15,16). The molecule has 0 fully saturated rings. The average molecular weight is 311 g/mol. The summed E-state index contributed by atoms with van der Waals surface area (Å²) >= 11 is 4.83. The molecule has 0 atom stereocenters. The van der Waals surface area contributed by atoms with E-state index in [1.54, 1.807) is 12.1 Å². The topological polar surface area (TPSA) is 55.1 Å². The lowest BCUT2D eigenvalue weighted by molar-refractivity contribution is 0.102. The second kappa shape index (κ2) is 5.44. The second-order valence-corrected chi connectivity index (χ2v) is 5.93. The molecule has 88 valence electrons. The third kappa shape index (κ3) is 3.15. The highest BCUT2D eigenvalue weighted by Gasteiger charge is 2.07. The van der Waals surface area contributed by atoms with Gasteiger partial charge in [0.25, 0.3) is 5.91 Å². The smallest absolute Gasteiger partial charge is 0.256 e. The molecule has 2 aromatic rings. The number of carbonyl (C=O) groups is 1. The van der Waals surface area contributed by atoms with E-state index in [1.807, 2.05) is 24.3 Å². The molecule has 0 bridgehead atoms. The Morgan fingerprint density at radius 2 is 2.18 bits per heavy atom. The van der Waals surface area contributed by atoms with Gasteiger partial charge >= 0.3 is 0 Å². The molecular formula is C12H11BrN2OS. The zero-order valence-corrected chi connectivity index (χ0v) is 11.3. The number of hydrogen-bond acceptors (Lipinski definition) is 3. The number of hydrogen-bond donors (Lipinski definition) is 2. The molecule has 0 aliphatic rings. The summed E-state index contributed by atoms with van der Waals surface area (Å²) in [5.41, 5.74) is 7.11. The van der Waals surface area contributed by atoms with Crippen molar-refractivity contribution in [3.8, 4) is 0 Å². The zero-order chi connectivity index (χ0) is 12.3. The molecule has 1 amide bonds. The SMILES string of the molecule is NCc1cccc(C(=O)Nc2ccc(Br)s2)c1. The monoisotopic (exact) mass is 310 g/mol. The minimum absolute atomic E-state index is 0.116. The van der Waals surface area contributed by atoms with Gasteiger partial charge in [-0.3, -0.25) is 4.79 Å². The van der Waals surface area contributed by atoms with Gasteiger partial charge in [-0.1, -0.05) is 12.1 Å². The van der Waals surface area contributed by atoms with Gasteiger partial charge in [-0.05, 0) is 45.8 Å². The molecule has 5 heteroatoms. The van der Waals surface area contributed by atoms with Crippen molar-refractivity contribution in [2.24, 2.45) is 5.73 Å². The molecular weight excluding hydrogens is 300 g/mol. The first kappa shape index (κ1) is 12.3. The summed E-state index contributed by atoms with van der Waals surface area (Å²) in [5, 5.41) is 3.66. The number of halogens is 1. The van der Waals surface area contributed by atoms with E-state index in [9.17, 15) is 4.79 Å². The lowest BCUT2D eigenvalue weighted by atomic mass is 10.1. The van der Waals surface area contributed by atoms with Gasteiger partial charge in [-0.15, -0.1) is 11.3 Å². The Labute approximate surface area is 112 Å². The quantitative estimate of drug-likeness (QED) is 0.914. The van der Waals surface area contributed by atoms with Gasteiger partial charge in [-0.2, -0.15) is 0 Å². The number of thiophene rings is 1. The van der Waals surface area contributed by atoms with Crippen LogP contribution >= 0.6 is 27.3 Å². The lowest BCUT2D eigenvalue weighted by Gasteiger charge is -2.04. The van der Waals surface area contributed by atoms with Crippen LogP contribution in [0.1, 0.15) is 15.9 Å². The summed E-state index contributed by atoms with van der Waals surface area (Å²) in [6.07, 6.45) is 0. The molecule has 0 aliphatic carbocycles. The summed E-state index contributed by atoms with van der Waals surface area (Å²) < 4.78 is 0.989. The van der Waals surface area contributed by atoms with Crippen molar-refractivity contribution in [2.75, 3.05) is 5.32 Å². The first-order chi connectivity index (χ1) is 8.19. The van der Waals surface area contributed by atoms with Gasteiger partial charge in [-0.25, -0.2) is 0 Å². The van der Waals surface area contributed by atoms with Crippen LogP contribution in [0.5, 0.6) is 0 Å². The highest BCUT2D eigenvalue weighted by molar-refractivity contribution is 9.11. The predicted octanol–water partition coefficient (Wildman–Crippen LogP) is 3.22. The van der Waals surface area contributed by atoms with Crippen LogP contribution in [0.4, 0.5) is 5.00 Å². The molecule has 3 N–H and O–H groups in total. The molecule has 0 radical (unpaired) electrons. The Morgan fingerprint density at radius 1 is 1.35 bits per heavy atom. The number of rotatable bonds is 3. The fourth-order valence-corrected chi connectivity index (χ4v) is 2.69. The maximum absolute atomic E-state index is 11.9. The van der Waals surface area contributed by atoms with E-state index in [0.717, 1.165) is 14.4 Å². The first-order valence-corrected chi connectivity index (χ1v) is 6.65. The van der Waals surface area contributed by atoms with Crippen LogP contribution in [0, 0.1) is 0 Å². The Bertz CT molecular complexity index is 539. The maximum atomic E-state index is 11.9. The van der Waals surface area contributed by atoms with E-state index in [4.69, 9.17) is 5.73 Å². The largest absolute Gasteiger partial charge is 0.326 e. The van der Waals surface area contributed by atoms with Gasteiger partial charge in [0, 0.05) is 12.1 Å². The average Bonchev–Trinajstić information content (AvgIpc) is 2.75. The number of anilines is 1. The highest BCUT2D eigenvalue weighted by atomic mass is 79.9. The number of nitrogens with two attached hydrogens (primary N) is 1. The van der Waals surface area contributed by atoms with Gasteiger partial charge < -0.3 is 11.1 Å². The van der Waals surface area contributed by atoms with Crippen molar-refractivity contribution >= 4 is 38.2 Å². The Morgan fingerprint density at radius 3 is 2.82 bits per heavy atom. The summed E-state index contributed by atoms with van der Waals surface area (Å²) in [6, 6.07) is 11.1. The minimum atomic E-state index is -0.116. The molecule has 1 aromatic heterocycles. The number of carbonyl (C=O) groups excluding carboxylic acids is 1. The Balaban J connectivity index is 2.14. The molecule has 0 saturated carbocycles. The molecule has 2 rings (SSSR count).